The van der Waals surface area contributed by atoms with Crippen LogP contribution >= 0.6 is 0 Å². The summed E-state index contributed by atoms with van der Waals surface area (Å²) in [6.45, 7) is 1.20. The Morgan fingerprint density at radius 1 is 0.704 bits per heavy atom. The van der Waals surface area contributed by atoms with Gasteiger partial charge in [0, 0.05) is 23.7 Å². The van der Waals surface area contributed by atoms with E-state index in [1.807, 2.05) is 0 Å². The molecule has 0 bridgehead atoms. The Hall–Kier alpha value is -0.760. The Labute approximate surface area is 167 Å². The van der Waals surface area contributed by atoms with E-state index in [0.29, 0.717) is 12.0 Å². The van der Waals surface area contributed by atoms with Gasteiger partial charge >= 0.3 is 0 Å². The van der Waals surface area contributed by atoms with E-state index < -0.39 is 0 Å². The molecule has 1 heterocycles. The van der Waals surface area contributed by atoms with Crippen molar-refractivity contribution in [3.63, 3.8) is 0 Å². The highest BCUT2D eigenvalue weighted by Crippen LogP contribution is 2.37. The van der Waals surface area contributed by atoms with Crippen LogP contribution in [0.1, 0.15) is 103 Å². The van der Waals surface area contributed by atoms with Gasteiger partial charge in [0.25, 0.3) is 0 Å². The maximum Gasteiger partial charge on any atom is 0.0338 e. The van der Waals surface area contributed by atoms with Crippen molar-refractivity contribution in [2.45, 2.75) is 115 Å². The summed E-state index contributed by atoms with van der Waals surface area (Å²) in [6.07, 6.45) is 27.8. The van der Waals surface area contributed by atoms with Crippen LogP contribution in [-0.4, -0.2) is 18.6 Å². The third kappa shape index (κ3) is 5.40. The predicted octanol–water partition coefficient (Wildman–Crippen LogP) is 6.24. The van der Waals surface area contributed by atoms with E-state index in [9.17, 15) is 0 Å². The molecule has 0 aromatic carbocycles. The fraction of sp³-hybridized carbons (Fsp3) is 0.840. The van der Waals surface area contributed by atoms with E-state index in [1.54, 1.807) is 11.3 Å². The maximum atomic E-state index is 4.09. The molecular formula is C25H42N2. The van der Waals surface area contributed by atoms with E-state index in [0.717, 1.165) is 12.0 Å². The Balaban J connectivity index is 1.54. The normalized spacial score (nSPS) is 32.1. The lowest BCUT2D eigenvalue weighted by Crippen LogP contribution is -2.44. The van der Waals surface area contributed by atoms with Crippen LogP contribution in [0.15, 0.2) is 23.4 Å². The van der Waals surface area contributed by atoms with E-state index in [4.69, 9.17) is 0 Å². The minimum Gasteiger partial charge on any atom is -0.385 e. The quantitative estimate of drug-likeness (QED) is 0.614. The van der Waals surface area contributed by atoms with Gasteiger partial charge in [0.15, 0.2) is 0 Å². The number of hydrogen-bond donors (Lipinski definition) is 2. The molecule has 2 N–H and O–H groups in total. The first-order valence-corrected chi connectivity index (χ1v) is 12.3. The van der Waals surface area contributed by atoms with Crippen LogP contribution in [0.2, 0.25) is 0 Å². The Bertz CT molecular complexity index is 508. The summed E-state index contributed by atoms with van der Waals surface area (Å²) in [5, 5.41) is 8.06. The third-order valence-corrected chi connectivity index (χ3v) is 7.65. The van der Waals surface area contributed by atoms with E-state index in [-0.39, 0.29) is 0 Å². The van der Waals surface area contributed by atoms with Crippen LogP contribution in [0.3, 0.4) is 0 Å². The molecule has 0 aromatic rings. The highest BCUT2D eigenvalue weighted by atomic mass is 15.0. The fourth-order valence-corrected chi connectivity index (χ4v) is 6.00. The maximum absolute atomic E-state index is 4.09. The van der Waals surface area contributed by atoms with Crippen molar-refractivity contribution in [2.24, 2.45) is 11.8 Å². The van der Waals surface area contributed by atoms with Gasteiger partial charge in [-0.2, -0.15) is 0 Å². The molecule has 2 atom stereocenters. The van der Waals surface area contributed by atoms with Crippen LogP contribution in [0, 0.1) is 11.8 Å². The molecule has 2 nitrogen and oxygen atoms in total. The molecule has 0 aromatic heterocycles. The second-order valence-electron chi connectivity index (χ2n) is 9.72. The molecule has 4 aliphatic rings. The second kappa shape index (κ2) is 10.1. The summed E-state index contributed by atoms with van der Waals surface area (Å²) in [7, 11) is 0. The monoisotopic (exact) mass is 370 g/mol. The fourth-order valence-electron chi connectivity index (χ4n) is 6.00. The molecule has 2 heteroatoms. The molecule has 27 heavy (non-hydrogen) atoms. The number of fused-ring (bicyclic) bond motifs is 1. The molecule has 0 amide bonds. The molecule has 0 spiro atoms. The van der Waals surface area contributed by atoms with Crippen LogP contribution in [0.4, 0.5) is 0 Å². The van der Waals surface area contributed by atoms with Crippen molar-refractivity contribution in [1.29, 1.82) is 0 Å². The first-order valence-electron chi connectivity index (χ1n) is 12.3. The average molecular weight is 371 g/mol. The molecule has 0 radical (unpaired) electrons. The van der Waals surface area contributed by atoms with Crippen molar-refractivity contribution in [3.8, 4) is 0 Å². The van der Waals surface area contributed by atoms with Gasteiger partial charge in [-0.3, -0.25) is 0 Å². The van der Waals surface area contributed by atoms with Gasteiger partial charge in [0.2, 0.25) is 0 Å². The Morgan fingerprint density at radius 2 is 1.33 bits per heavy atom. The third-order valence-electron chi connectivity index (χ3n) is 7.65. The van der Waals surface area contributed by atoms with Gasteiger partial charge in [-0.05, 0) is 62.6 Å². The zero-order valence-electron chi connectivity index (χ0n) is 17.5. The van der Waals surface area contributed by atoms with Crippen molar-refractivity contribution in [3.05, 3.63) is 23.4 Å². The average Bonchev–Trinajstić information content (AvgIpc) is 2.73. The highest BCUT2D eigenvalue weighted by Gasteiger charge is 2.31. The number of rotatable bonds is 3. The summed E-state index contributed by atoms with van der Waals surface area (Å²) >= 11 is 0. The Kier molecular flexibility index (Phi) is 7.34. The standard InChI is InChI=1S/C25H42N2/c1-2-10-16-23-24(26-17-11-3-1)18-21(20-12-6-4-7-13-20)19-25(23)27-22-14-8-5-9-15-22/h18-20,22-24,26-27H,1-17H2. The summed E-state index contributed by atoms with van der Waals surface area (Å²) in [4.78, 5) is 0. The summed E-state index contributed by atoms with van der Waals surface area (Å²) in [6, 6.07) is 1.29. The summed E-state index contributed by atoms with van der Waals surface area (Å²) in [5.74, 6) is 1.50. The molecule has 2 saturated carbocycles. The van der Waals surface area contributed by atoms with E-state index >= 15 is 0 Å². The smallest absolute Gasteiger partial charge is 0.0338 e. The van der Waals surface area contributed by atoms with E-state index in [2.05, 4.69) is 22.8 Å². The molecule has 3 aliphatic carbocycles. The van der Waals surface area contributed by atoms with Crippen LogP contribution in [0.25, 0.3) is 0 Å². The second-order valence-corrected chi connectivity index (χ2v) is 9.72. The summed E-state index contributed by atoms with van der Waals surface area (Å²) in [5.41, 5.74) is 3.27. The molecule has 3 fully saturated rings. The minimum atomic E-state index is 0.566. The Morgan fingerprint density at radius 3 is 2.15 bits per heavy atom. The van der Waals surface area contributed by atoms with Gasteiger partial charge in [-0.1, -0.05) is 70.3 Å². The zero-order chi connectivity index (χ0) is 18.3. The van der Waals surface area contributed by atoms with Gasteiger partial charge in [0.05, 0.1) is 0 Å². The minimum absolute atomic E-state index is 0.566. The molecular weight excluding hydrogens is 328 g/mol. The van der Waals surface area contributed by atoms with Crippen molar-refractivity contribution in [1.82, 2.24) is 10.6 Å². The van der Waals surface area contributed by atoms with E-state index in [1.165, 1.54) is 109 Å². The van der Waals surface area contributed by atoms with Gasteiger partial charge < -0.3 is 10.6 Å². The lowest BCUT2D eigenvalue weighted by Gasteiger charge is -2.38. The lowest BCUT2D eigenvalue weighted by atomic mass is 9.76. The van der Waals surface area contributed by atoms with Crippen molar-refractivity contribution in [2.75, 3.05) is 6.54 Å². The van der Waals surface area contributed by atoms with Crippen molar-refractivity contribution >= 4 is 0 Å². The van der Waals surface area contributed by atoms with Crippen molar-refractivity contribution < 1.29 is 0 Å². The zero-order valence-corrected chi connectivity index (χ0v) is 17.5. The largest absolute Gasteiger partial charge is 0.385 e. The molecule has 4 rings (SSSR count). The van der Waals surface area contributed by atoms with Crippen LogP contribution in [0.5, 0.6) is 0 Å². The SMILES string of the molecule is C1=C(C2CCCCC2)C=C(NC2CCCCC2)C2CCCCCCCNC12. The van der Waals surface area contributed by atoms with Gasteiger partial charge in [-0.15, -0.1) is 0 Å². The number of nitrogens with one attached hydrogen (secondary N) is 2. The molecule has 152 valence electrons. The number of allylic oxidation sites excluding steroid dienone is 2. The predicted molar refractivity (Wildman–Crippen MR) is 116 cm³/mol. The van der Waals surface area contributed by atoms with Gasteiger partial charge in [-0.25, -0.2) is 0 Å². The molecule has 2 unspecified atom stereocenters. The summed E-state index contributed by atoms with van der Waals surface area (Å²) < 4.78 is 0. The van der Waals surface area contributed by atoms with Crippen LogP contribution in [-0.2, 0) is 0 Å². The first kappa shape index (κ1) is 19.6. The van der Waals surface area contributed by atoms with Gasteiger partial charge in [0.1, 0.15) is 0 Å². The lowest BCUT2D eigenvalue weighted by molar-refractivity contribution is 0.330. The first-order chi connectivity index (χ1) is 13.4. The topological polar surface area (TPSA) is 24.1 Å². The van der Waals surface area contributed by atoms with Crippen LogP contribution < -0.4 is 10.6 Å². The number of hydrogen-bond acceptors (Lipinski definition) is 2. The molecule has 1 saturated heterocycles. The highest BCUT2D eigenvalue weighted by molar-refractivity contribution is 5.35. The molecule has 1 aliphatic heterocycles.